The highest BCUT2D eigenvalue weighted by Crippen LogP contribution is 2.37. The van der Waals surface area contributed by atoms with E-state index in [-0.39, 0.29) is 6.61 Å². The van der Waals surface area contributed by atoms with Crippen LogP contribution in [-0.4, -0.2) is 23.3 Å². The second-order valence-electron chi connectivity index (χ2n) is 5.96. The number of aromatic nitrogens is 1. The van der Waals surface area contributed by atoms with Crippen LogP contribution < -0.4 is 0 Å². The zero-order valence-corrected chi connectivity index (χ0v) is 14.3. The van der Waals surface area contributed by atoms with E-state index in [4.69, 9.17) is 4.74 Å². The quantitative estimate of drug-likeness (QED) is 0.397. The van der Waals surface area contributed by atoms with Crippen molar-refractivity contribution in [1.82, 2.24) is 4.40 Å². The SMILES string of the molecule is CCOC(=O)c1c(-c2cccc3ccccc23)c(C=O)n2ccccc12. The molecule has 0 unspecified atom stereocenters. The van der Waals surface area contributed by atoms with Crippen LogP contribution in [0, 0.1) is 0 Å². The van der Waals surface area contributed by atoms with Crippen LogP contribution in [0.2, 0.25) is 0 Å². The van der Waals surface area contributed by atoms with Crippen molar-refractivity contribution in [2.75, 3.05) is 6.61 Å². The molecule has 2 aromatic carbocycles. The lowest BCUT2D eigenvalue weighted by atomic mass is 9.95. The normalized spacial score (nSPS) is 11.0. The fraction of sp³-hybridized carbons (Fsp3) is 0.0909. The third-order valence-corrected chi connectivity index (χ3v) is 4.53. The number of carbonyl (C=O) groups excluding carboxylic acids is 2. The molecule has 0 saturated carbocycles. The maximum Gasteiger partial charge on any atom is 0.340 e. The molecule has 0 N–H and O–H groups in total. The van der Waals surface area contributed by atoms with Gasteiger partial charge in [-0.2, -0.15) is 0 Å². The summed E-state index contributed by atoms with van der Waals surface area (Å²) in [6.45, 7) is 2.04. The van der Waals surface area contributed by atoms with Crippen molar-refractivity contribution < 1.29 is 14.3 Å². The molecule has 0 bridgehead atoms. The number of aldehydes is 1. The van der Waals surface area contributed by atoms with E-state index in [1.165, 1.54) is 0 Å². The van der Waals surface area contributed by atoms with Crippen molar-refractivity contribution in [1.29, 1.82) is 0 Å². The van der Waals surface area contributed by atoms with E-state index < -0.39 is 5.97 Å². The zero-order valence-electron chi connectivity index (χ0n) is 14.3. The molecule has 0 spiro atoms. The van der Waals surface area contributed by atoms with Crippen LogP contribution in [-0.2, 0) is 4.74 Å². The Kier molecular flexibility index (Phi) is 4.01. The van der Waals surface area contributed by atoms with E-state index in [1.54, 1.807) is 17.5 Å². The topological polar surface area (TPSA) is 47.8 Å². The Morgan fingerprint density at radius 3 is 2.62 bits per heavy atom. The Morgan fingerprint density at radius 2 is 1.81 bits per heavy atom. The summed E-state index contributed by atoms with van der Waals surface area (Å²) in [5.41, 5.74) is 2.99. The predicted molar refractivity (Wildman–Crippen MR) is 102 cm³/mol. The maximum atomic E-state index is 12.8. The molecule has 2 aromatic heterocycles. The first kappa shape index (κ1) is 16.1. The molecule has 0 fully saturated rings. The Labute approximate surface area is 150 Å². The van der Waals surface area contributed by atoms with Gasteiger partial charge in [-0.25, -0.2) is 4.79 Å². The average molecular weight is 343 g/mol. The van der Waals surface area contributed by atoms with Gasteiger partial charge < -0.3 is 9.14 Å². The molecule has 26 heavy (non-hydrogen) atoms. The summed E-state index contributed by atoms with van der Waals surface area (Å²) in [6, 6.07) is 19.3. The molecule has 0 aliphatic carbocycles. The lowest BCUT2D eigenvalue weighted by Gasteiger charge is -2.09. The molecule has 4 aromatic rings. The van der Waals surface area contributed by atoms with Crippen molar-refractivity contribution >= 4 is 28.5 Å². The number of nitrogens with zero attached hydrogens (tertiary/aromatic N) is 1. The Balaban J connectivity index is 2.16. The number of carbonyl (C=O) groups is 2. The lowest BCUT2D eigenvalue weighted by molar-refractivity contribution is 0.0529. The predicted octanol–water partition coefficient (Wildman–Crippen LogP) is 4.75. The third kappa shape index (κ3) is 2.39. The van der Waals surface area contributed by atoms with E-state index in [1.807, 2.05) is 60.7 Å². The number of benzene rings is 2. The van der Waals surface area contributed by atoms with Crippen molar-refractivity contribution in [3.8, 4) is 11.1 Å². The maximum absolute atomic E-state index is 12.8. The lowest BCUT2D eigenvalue weighted by Crippen LogP contribution is -2.06. The van der Waals surface area contributed by atoms with Gasteiger partial charge in [0.1, 0.15) is 0 Å². The first-order valence-electron chi connectivity index (χ1n) is 8.49. The molecule has 0 atom stereocenters. The minimum absolute atomic E-state index is 0.272. The molecule has 0 saturated heterocycles. The monoisotopic (exact) mass is 343 g/mol. The van der Waals surface area contributed by atoms with Crippen molar-refractivity contribution in [3.05, 3.63) is 78.1 Å². The van der Waals surface area contributed by atoms with Gasteiger partial charge in [-0.3, -0.25) is 4.79 Å². The zero-order chi connectivity index (χ0) is 18.1. The van der Waals surface area contributed by atoms with Gasteiger partial charge in [0, 0.05) is 11.8 Å². The van der Waals surface area contributed by atoms with Crippen LogP contribution in [0.15, 0.2) is 66.9 Å². The number of hydrogen-bond acceptors (Lipinski definition) is 3. The summed E-state index contributed by atoms with van der Waals surface area (Å²) in [5.74, 6) is -0.424. The fourth-order valence-corrected chi connectivity index (χ4v) is 3.48. The largest absolute Gasteiger partial charge is 0.462 e. The van der Waals surface area contributed by atoms with Gasteiger partial charge in [0.15, 0.2) is 6.29 Å². The standard InChI is InChI=1S/C22H17NO3/c1-2-26-22(25)21-18-12-5-6-13-23(18)19(14-24)20(21)17-11-7-9-15-8-3-4-10-16(15)17/h3-14H,2H2,1H3. The molecule has 0 aliphatic heterocycles. The van der Waals surface area contributed by atoms with Crippen LogP contribution in [0.25, 0.3) is 27.4 Å². The number of rotatable bonds is 4. The first-order valence-corrected chi connectivity index (χ1v) is 8.49. The van der Waals surface area contributed by atoms with Gasteiger partial charge in [0.05, 0.1) is 23.4 Å². The molecule has 2 heterocycles. The minimum Gasteiger partial charge on any atom is -0.462 e. The minimum atomic E-state index is -0.424. The summed E-state index contributed by atoms with van der Waals surface area (Å²) in [6.07, 6.45) is 2.59. The molecular weight excluding hydrogens is 326 g/mol. The van der Waals surface area contributed by atoms with Crippen molar-refractivity contribution in [3.63, 3.8) is 0 Å². The van der Waals surface area contributed by atoms with Gasteiger partial charge in [-0.1, -0.05) is 48.5 Å². The number of hydrogen-bond donors (Lipinski definition) is 0. The number of ether oxygens (including phenoxy) is 1. The molecule has 4 nitrogen and oxygen atoms in total. The Hall–Kier alpha value is -3.40. The highest BCUT2D eigenvalue weighted by atomic mass is 16.5. The number of fused-ring (bicyclic) bond motifs is 2. The highest BCUT2D eigenvalue weighted by Gasteiger charge is 2.26. The van der Waals surface area contributed by atoms with E-state index in [9.17, 15) is 9.59 Å². The molecule has 128 valence electrons. The second kappa shape index (κ2) is 6.48. The van der Waals surface area contributed by atoms with E-state index in [0.29, 0.717) is 22.3 Å². The molecule has 4 heteroatoms. The van der Waals surface area contributed by atoms with Gasteiger partial charge in [0.2, 0.25) is 0 Å². The molecular formula is C22H17NO3. The summed E-state index contributed by atoms with van der Waals surface area (Å²) in [7, 11) is 0. The van der Waals surface area contributed by atoms with Crippen LogP contribution in [0.3, 0.4) is 0 Å². The van der Waals surface area contributed by atoms with Crippen molar-refractivity contribution in [2.45, 2.75) is 6.92 Å². The summed E-state index contributed by atoms with van der Waals surface area (Å²) in [5, 5.41) is 2.03. The van der Waals surface area contributed by atoms with E-state index >= 15 is 0 Å². The highest BCUT2D eigenvalue weighted by molar-refractivity contribution is 6.12. The van der Waals surface area contributed by atoms with Crippen LogP contribution in [0.5, 0.6) is 0 Å². The Bertz CT molecular complexity index is 1140. The summed E-state index contributed by atoms with van der Waals surface area (Å²) >= 11 is 0. The molecule has 0 radical (unpaired) electrons. The number of esters is 1. The van der Waals surface area contributed by atoms with Crippen LogP contribution in [0.4, 0.5) is 0 Å². The van der Waals surface area contributed by atoms with E-state index in [0.717, 1.165) is 22.6 Å². The summed E-state index contributed by atoms with van der Waals surface area (Å²) in [4.78, 5) is 24.7. The van der Waals surface area contributed by atoms with Gasteiger partial charge in [0.25, 0.3) is 0 Å². The van der Waals surface area contributed by atoms with Gasteiger partial charge >= 0.3 is 5.97 Å². The van der Waals surface area contributed by atoms with Crippen LogP contribution in [0.1, 0.15) is 27.8 Å². The first-order chi connectivity index (χ1) is 12.8. The number of pyridine rings is 1. The van der Waals surface area contributed by atoms with Gasteiger partial charge in [-0.15, -0.1) is 0 Å². The second-order valence-corrected chi connectivity index (χ2v) is 5.96. The fourth-order valence-electron chi connectivity index (χ4n) is 3.48. The van der Waals surface area contributed by atoms with E-state index in [2.05, 4.69) is 0 Å². The summed E-state index contributed by atoms with van der Waals surface area (Å²) < 4.78 is 7.05. The Morgan fingerprint density at radius 1 is 1.04 bits per heavy atom. The molecule has 4 rings (SSSR count). The van der Waals surface area contributed by atoms with Crippen LogP contribution >= 0.6 is 0 Å². The molecule has 0 amide bonds. The van der Waals surface area contributed by atoms with Crippen molar-refractivity contribution in [2.24, 2.45) is 0 Å². The van der Waals surface area contributed by atoms with Gasteiger partial charge in [-0.05, 0) is 35.4 Å². The molecule has 0 aliphatic rings. The average Bonchev–Trinajstić information content (AvgIpc) is 3.02. The smallest absolute Gasteiger partial charge is 0.340 e. The third-order valence-electron chi connectivity index (χ3n) is 4.53.